The second kappa shape index (κ2) is 7.01. The standard InChI is InChI=1S/C21H16N4O2S/c1-14-16(11-12-26-14)20-23-24-21(25(20)15-7-3-2-4-8-15)28-13-19-22-17-9-5-6-10-18(17)27-19/h2-12H,13H2,1H3. The molecule has 0 amide bonds. The number of aromatic nitrogens is 4. The Balaban J connectivity index is 1.52. The second-order valence-electron chi connectivity index (χ2n) is 6.23. The molecule has 0 N–H and O–H groups in total. The number of furan rings is 1. The van der Waals surface area contributed by atoms with E-state index in [0.29, 0.717) is 11.6 Å². The molecule has 0 aliphatic carbocycles. The molecule has 0 aliphatic rings. The highest BCUT2D eigenvalue weighted by atomic mass is 32.2. The van der Waals surface area contributed by atoms with Crippen LogP contribution in [0.3, 0.4) is 0 Å². The van der Waals surface area contributed by atoms with Gasteiger partial charge in [-0.25, -0.2) is 4.98 Å². The highest BCUT2D eigenvalue weighted by Crippen LogP contribution is 2.31. The normalized spacial score (nSPS) is 11.3. The van der Waals surface area contributed by atoms with Gasteiger partial charge < -0.3 is 8.83 Å². The van der Waals surface area contributed by atoms with Crippen LogP contribution in [0.1, 0.15) is 11.7 Å². The minimum atomic E-state index is 0.560. The van der Waals surface area contributed by atoms with Crippen LogP contribution in [0.5, 0.6) is 0 Å². The Morgan fingerprint density at radius 2 is 1.79 bits per heavy atom. The van der Waals surface area contributed by atoms with Crippen LogP contribution in [0.4, 0.5) is 0 Å². The Hall–Kier alpha value is -3.32. The first-order valence-electron chi connectivity index (χ1n) is 8.82. The van der Waals surface area contributed by atoms with E-state index in [9.17, 15) is 0 Å². The number of oxazole rings is 1. The first-order chi connectivity index (χ1) is 13.8. The molecule has 2 aromatic carbocycles. The van der Waals surface area contributed by atoms with Crippen LogP contribution in [0.2, 0.25) is 0 Å². The number of thioether (sulfide) groups is 1. The zero-order valence-electron chi connectivity index (χ0n) is 15.1. The molecule has 0 saturated carbocycles. The molecule has 3 aromatic heterocycles. The monoisotopic (exact) mass is 388 g/mol. The Bertz CT molecular complexity index is 1210. The average Bonchev–Trinajstić information content (AvgIpc) is 3.44. The quantitative estimate of drug-likeness (QED) is 0.382. The van der Waals surface area contributed by atoms with Crippen molar-refractivity contribution in [2.75, 3.05) is 0 Å². The zero-order valence-corrected chi connectivity index (χ0v) is 15.9. The van der Waals surface area contributed by atoms with Gasteiger partial charge in [0.1, 0.15) is 11.3 Å². The summed E-state index contributed by atoms with van der Waals surface area (Å²) < 4.78 is 13.3. The molecular weight excluding hydrogens is 372 g/mol. The molecule has 0 aliphatic heterocycles. The Morgan fingerprint density at radius 3 is 2.57 bits per heavy atom. The summed E-state index contributed by atoms with van der Waals surface area (Å²) in [5, 5.41) is 9.62. The van der Waals surface area contributed by atoms with Gasteiger partial charge in [0.2, 0.25) is 5.89 Å². The third-order valence-electron chi connectivity index (χ3n) is 4.41. The van der Waals surface area contributed by atoms with Crippen LogP contribution in [0.15, 0.2) is 80.9 Å². The van der Waals surface area contributed by atoms with Crippen molar-refractivity contribution in [3.8, 4) is 17.1 Å². The highest BCUT2D eigenvalue weighted by Gasteiger charge is 2.19. The molecule has 0 atom stereocenters. The number of fused-ring (bicyclic) bond motifs is 1. The van der Waals surface area contributed by atoms with E-state index in [0.717, 1.165) is 39.1 Å². The third-order valence-corrected chi connectivity index (χ3v) is 5.32. The Labute approximate surface area is 165 Å². The summed E-state index contributed by atoms with van der Waals surface area (Å²) in [6, 6.07) is 19.7. The highest BCUT2D eigenvalue weighted by molar-refractivity contribution is 7.98. The van der Waals surface area contributed by atoms with Crippen molar-refractivity contribution >= 4 is 22.9 Å². The summed E-state index contributed by atoms with van der Waals surface area (Å²) in [6.45, 7) is 1.92. The van der Waals surface area contributed by atoms with Crippen molar-refractivity contribution in [2.24, 2.45) is 0 Å². The van der Waals surface area contributed by atoms with E-state index in [2.05, 4.69) is 15.2 Å². The van der Waals surface area contributed by atoms with Crippen LogP contribution in [-0.2, 0) is 5.75 Å². The van der Waals surface area contributed by atoms with Gasteiger partial charge in [-0.05, 0) is 37.3 Å². The number of para-hydroxylation sites is 3. The summed E-state index contributed by atoms with van der Waals surface area (Å²) in [5.74, 6) is 2.77. The lowest BCUT2D eigenvalue weighted by Crippen LogP contribution is -1.99. The van der Waals surface area contributed by atoms with Gasteiger partial charge in [0.05, 0.1) is 17.6 Å². The van der Waals surface area contributed by atoms with E-state index in [4.69, 9.17) is 8.83 Å². The van der Waals surface area contributed by atoms with Gasteiger partial charge in [0, 0.05) is 5.69 Å². The molecule has 0 radical (unpaired) electrons. The topological polar surface area (TPSA) is 69.9 Å². The van der Waals surface area contributed by atoms with E-state index in [-0.39, 0.29) is 0 Å². The number of rotatable bonds is 5. The number of aryl methyl sites for hydroxylation is 1. The second-order valence-corrected chi connectivity index (χ2v) is 7.17. The maximum absolute atomic E-state index is 5.83. The van der Waals surface area contributed by atoms with E-state index in [1.54, 1.807) is 6.26 Å². The molecule has 0 unspecified atom stereocenters. The summed E-state index contributed by atoms with van der Waals surface area (Å²) in [7, 11) is 0. The minimum Gasteiger partial charge on any atom is -0.469 e. The van der Waals surface area contributed by atoms with E-state index >= 15 is 0 Å². The van der Waals surface area contributed by atoms with Crippen LogP contribution >= 0.6 is 11.8 Å². The molecular formula is C21H16N4O2S. The zero-order chi connectivity index (χ0) is 18.9. The van der Waals surface area contributed by atoms with Crippen molar-refractivity contribution in [1.29, 1.82) is 0 Å². The van der Waals surface area contributed by atoms with Crippen LogP contribution in [-0.4, -0.2) is 19.7 Å². The fourth-order valence-electron chi connectivity index (χ4n) is 3.07. The van der Waals surface area contributed by atoms with E-state index in [1.165, 1.54) is 11.8 Å². The van der Waals surface area contributed by atoms with Crippen molar-refractivity contribution in [3.05, 3.63) is 78.6 Å². The maximum atomic E-state index is 5.83. The van der Waals surface area contributed by atoms with Crippen LogP contribution in [0, 0.1) is 6.92 Å². The van der Waals surface area contributed by atoms with Gasteiger partial charge >= 0.3 is 0 Å². The molecule has 5 aromatic rings. The lowest BCUT2D eigenvalue weighted by atomic mass is 10.2. The molecule has 0 spiro atoms. The Kier molecular flexibility index (Phi) is 4.21. The maximum Gasteiger partial charge on any atom is 0.205 e. The number of benzene rings is 2. The first kappa shape index (κ1) is 16.8. The molecule has 138 valence electrons. The van der Waals surface area contributed by atoms with Gasteiger partial charge in [-0.15, -0.1) is 10.2 Å². The van der Waals surface area contributed by atoms with Crippen LogP contribution < -0.4 is 0 Å². The molecule has 0 bridgehead atoms. The molecule has 0 fully saturated rings. The molecule has 7 heteroatoms. The van der Waals surface area contributed by atoms with Crippen LogP contribution in [0.25, 0.3) is 28.2 Å². The SMILES string of the molecule is Cc1occc1-c1nnc(SCc2nc3ccccc3o2)n1-c1ccccc1. The molecule has 3 heterocycles. The van der Waals surface area contributed by atoms with Crippen molar-refractivity contribution < 1.29 is 8.83 Å². The predicted octanol–water partition coefficient (Wildman–Crippen LogP) is 5.27. The fraction of sp³-hybridized carbons (Fsp3) is 0.0952. The number of hydrogen-bond acceptors (Lipinski definition) is 6. The average molecular weight is 388 g/mol. The number of hydrogen-bond donors (Lipinski definition) is 0. The number of nitrogens with zero attached hydrogens (tertiary/aromatic N) is 4. The summed E-state index contributed by atoms with van der Waals surface area (Å²) in [4.78, 5) is 4.54. The lowest BCUT2D eigenvalue weighted by molar-refractivity contribution is 0.535. The predicted molar refractivity (Wildman–Crippen MR) is 107 cm³/mol. The molecule has 6 nitrogen and oxygen atoms in total. The Morgan fingerprint density at radius 1 is 0.964 bits per heavy atom. The van der Waals surface area contributed by atoms with E-state index < -0.39 is 0 Å². The van der Waals surface area contributed by atoms with Crippen molar-refractivity contribution in [3.63, 3.8) is 0 Å². The molecule has 5 rings (SSSR count). The summed E-state index contributed by atoms with van der Waals surface area (Å²) in [5.41, 5.74) is 3.56. The van der Waals surface area contributed by atoms with Crippen molar-refractivity contribution in [1.82, 2.24) is 19.7 Å². The fourth-order valence-corrected chi connectivity index (χ4v) is 3.87. The third kappa shape index (κ3) is 2.99. The largest absolute Gasteiger partial charge is 0.469 e. The summed E-state index contributed by atoms with van der Waals surface area (Å²) in [6.07, 6.45) is 1.67. The van der Waals surface area contributed by atoms with Gasteiger partial charge in [0.15, 0.2) is 16.6 Å². The minimum absolute atomic E-state index is 0.560. The van der Waals surface area contributed by atoms with E-state index in [1.807, 2.05) is 72.2 Å². The first-order valence-corrected chi connectivity index (χ1v) is 9.81. The van der Waals surface area contributed by atoms with Gasteiger partial charge in [0.25, 0.3) is 0 Å². The molecule has 0 saturated heterocycles. The lowest BCUT2D eigenvalue weighted by Gasteiger charge is -2.09. The van der Waals surface area contributed by atoms with Gasteiger partial charge in [-0.2, -0.15) is 0 Å². The van der Waals surface area contributed by atoms with Gasteiger partial charge in [-0.3, -0.25) is 4.57 Å². The smallest absolute Gasteiger partial charge is 0.205 e. The molecule has 28 heavy (non-hydrogen) atoms. The van der Waals surface area contributed by atoms with Gasteiger partial charge in [-0.1, -0.05) is 42.1 Å². The van der Waals surface area contributed by atoms with Crippen molar-refractivity contribution in [2.45, 2.75) is 17.8 Å². The summed E-state index contributed by atoms with van der Waals surface area (Å²) >= 11 is 1.54.